The van der Waals surface area contributed by atoms with E-state index in [9.17, 15) is 4.79 Å². The third-order valence-corrected chi connectivity index (χ3v) is 2.89. The maximum atomic E-state index is 11.0. The van der Waals surface area contributed by atoms with E-state index in [-0.39, 0.29) is 5.41 Å². The number of halogens is 1. The van der Waals surface area contributed by atoms with E-state index < -0.39 is 11.9 Å². The molecule has 1 atom stereocenters. The largest absolute Gasteiger partial charge is 0.481 e. The highest BCUT2D eigenvalue weighted by atomic mass is 35.5. The van der Waals surface area contributed by atoms with Crippen LogP contribution in [0.5, 0.6) is 0 Å². The molecule has 0 aromatic heterocycles. The van der Waals surface area contributed by atoms with Crippen LogP contribution in [0.15, 0.2) is 18.2 Å². The van der Waals surface area contributed by atoms with E-state index in [1.165, 1.54) is 0 Å². The molecule has 0 fully saturated rings. The average molecular weight is 241 g/mol. The molecule has 0 aliphatic carbocycles. The number of hydrogen-bond donors (Lipinski definition) is 1. The fraction of sp³-hybridized carbons (Fsp3) is 0.462. The van der Waals surface area contributed by atoms with Crippen molar-refractivity contribution in [2.75, 3.05) is 0 Å². The van der Waals surface area contributed by atoms with Crippen molar-refractivity contribution in [3.8, 4) is 0 Å². The molecule has 1 unspecified atom stereocenters. The molecule has 0 aliphatic rings. The topological polar surface area (TPSA) is 37.3 Å². The Bertz CT molecular complexity index is 405. The fourth-order valence-electron chi connectivity index (χ4n) is 1.71. The first-order valence-corrected chi connectivity index (χ1v) is 5.64. The van der Waals surface area contributed by atoms with Crippen molar-refractivity contribution in [1.82, 2.24) is 0 Å². The molecule has 16 heavy (non-hydrogen) atoms. The molecule has 88 valence electrons. The summed E-state index contributed by atoms with van der Waals surface area (Å²) in [5, 5.41) is 9.65. The Morgan fingerprint density at radius 3 is 2.38 bits per heavy atom. The van der Waals surface area contributed by atoms with E-state index in [1.54, 1.807) is 19.1 Å². The van der Waals surface area contributed by atoms with E-state index in [4.69, 9.17) is 16.7 Å². The Morgan fingerprint density at radius 1 is 1.38 bits per heavy atom. The molecule has 1 aromatic carbocycles. The minimum atomic E-state index is -0.826. The van der Waals surface area contributed by atoms with Crippen molar-refractivity contribution in [2.24, 2.45) is 0 Å². The van der Waals surface area contributed by atoms with Crippen LogP contribution in [0, 0.1) is 0 Å². The molecule has 2 nitrogen and oxygen atoms in total. The number of carbonyl (C=O) groups is 1. The maximum Gasteiger partial charge on any atom is 0.310 e. The highest BCUT2D eigenvalue weighted by Crippen LogP contribution is 2.32. The zero-order valence-corrected chi connectivity index (χ0v) is 10.8. The summed E-state index contributed by atoms with van der Waals surface area (Å²) in [7, 11) is 0. The first-order valence-electron chi connectivity index (χ1n) is 5.26. The van der Waals surface area contributed by atoms with Gasteiger partial charge in [0, 0.05) is 5.02 Å². The second-order valence-electron chi connectivity index (χ2n) is 5.04. The summed E-state index contributed by atoms with van der Waals surface area (Å²) in [6, 6.07) is 5.47. The molecule has 0 saturated carbocycles. The van der Waals surface area contributed by atoms with Gasteiger partial charge < -0.3 is 5.11 Å². The Morgan fingerprint density at radius 2 is 1.94 bits per heavy atom. The third-order valence-electron chi connectivity index (χ3n) is 2.66. The van der Waals surface area contributed by atoms with Gasteiger partial charge >= 0.3 is 5.97 Å². The summed E-state index contributed by atoms with van der Waals surface area (Å²) in [5.74, 6) is -1.36. The lowest BCUT2D eigenvalue weighted by Crippen LogP contribution is -2.18. The van der Waals surface area contributed by atoms with E-state index in [2.05, 4.69) is 20.8 Å². The second kappa shape index (κ2) is 4.46. The van der Waals surface area contributed by atoms with Crippen LogP contribution in [0.1, 0.15) is 44.7 Å². The molecule has 0 aliphatic heterocycles. The van der Waals surface area contributed by atoms with Gasteiger partial charge in [0.25, 0.3) is 0 Å². The maximum absolute atomic E-state index is 11.0. The van der Waals surface area contributed by atoms with E-state index >= 15 is 0 Å². The second-order valence-corrected chi connectivity index (χ2v) is 5.48. The van der Waals surface area contributed by atoms with Crippen LogP contribution >= 0.6 is 11.6 Å². The van der Waals surface area contributed by atoms with Gasteiger partial charge in [0.1, 0.15) is 0 Å². The van der Waals surface area contributed by atoms with E-state index in [0.29, 0.717) is 5.02 Å². The third kappa shape index (κ3) is 2.76. The van der Waals surface area contributed by atoms with Crippen molar-refractivity contribution < 1.29 is 9.90 Å². The minimum Gasteiger partial charge on any atom is -0.481 e. The number of rotatable bonds is 2. The Kier molecular flexibility index (Phi) is 3.64. The molecule has 0 saturated heterocycles. The molecule has 1 rings (SSSR count). The molecular weight excluding hydrogens is 224 g/mol. The van der Waals surface area contributed by atoms with Gasteiger partial charge in [0.2, 0.25) is 0 Å². The number of carboxylic acid groups (broad SMARTS) is 1. The van der Waals surface area contributed by atoms with Gasteiger partial charge in [-0.2, -0.15) is 0 Å². The molecule has 0 heterocycles. The smallest absolute Gasteiger partial charge is 0.310 e. The first-order chi connectivity index (χ1) is 7.23. The predicted molar refractivity (Wildman–Crippen MR) is 66.2 cm³/mol. The average Bonchev–Trinajstić information content (AvgIpc) is 2.14. The molecule has 1 N–H and O–H groups in total. The summed E-state index contributed by atoms with van der Waals surface area (Å²) in [6.07, 6.45) is 0. The van der Waals surface area contributed by atoms with Crippen LogP contribution in [0.25, 0.3) is 0 Å². The quantitative estimate of drug-likeness (QED) is 0.853. The van der Waals surface area contributed by atoms with Gasteiger partial charge in [-0.15, -0.1) is 0 Å². The summed E-state index contributed by atoms with van der Waals surface area (Å²) >= 11 is 5.92. The molecule has 0 spiro atoms. The monoisotopic (exact) mass is 240 g/mol. The van der Waals surface area contributed by atoms with Crippen LogP contribution < -0.4 is 0 Å². The number of benzene rings is 1. The van der Waals surface area contributed by atoms with Crippen LogP contribution in [0.2, 0.25) is 5.02 Å². The fourth-order valence-corrected chi connectivity index (χ4v) is 1.89. The predicted octanol–water partition coefficient (Wildman–Crippen LogP) is 3.83. The Labute approximate surface area is 101 Å². The molecule has 1 aromatic rings. The highest BCUT2D eigenvalue weighted by Gasteiger charge is 2.24. The van der Waals surface area contributed by atoms with Gasteiger partial charge in [0.05, 0.1) is 5.92 Å². The van der Waals surface area contributed by atoms with E-state index in [0.717, 1.165) is 11.1 Å². The van der Waals surface area contributed by atoms with Gasteiger partial charge in [-0.1, -0.05) is 38.4 Å². The molecular formula is C13H17ClO2. The van der Waals surface area contributed by atoms with Crippen molar-refractivity contribution in [2.45, 2.75) is 39.0 Å². The van der Waals surface area contributed by atoms with Gasteiger partial charge in [0.15, 0.2) is 0 Å². The molecule has 0 bridgehead atoms. The van der Waals surface area contributed by atoms with Crippen LogP contribution in [0.4, 0.5) is 0 Å². The van der Waals surface area contributed by atoms with Crippen molar-refractivity contribution in [3.05, 3.63) is 34.3 Å². The lowest BCUT2D eigenvalue weighted by molar-refractivity contribution is -0.138. The zero-order valence-electron chi connectivity index (χ0n) is 10.0. The summed E-state index contributed by atoms with van der Waals surface area (Å²) in [6.45, 7) is 7.88. The minimum absolute atomic E-state index is 0.0797. The standard InChI is InChI=1S/C13H17ClO2/c1-8(12(15)16)10-7-9(14)5-6-11(10)13(2,3)4/h5-8H,1-4H3,(H,15,16). The number of aliphatic carboxylic acids is 1. The zero-order chi connectivity index (χ0) is 12.5. The summed E-state index contributed by atoms with van der Waals surface area (Å²) < 4.78 is 0. The van der Waals surface area contributed by atoms with E-state index in [1.807, 2.05) is 6.07 Å². The lowest BCUT2D eigenvalue weighted by atomic mass is 9.80. The normalized spacial score (nSPS) is 13.6. The number of hydrogen-bond acceptors (Lipinski definition) is 1. The van der Waals surface area contributed by atoms with Crippen molar-refractivity contribution in [1.29, 1.82) is 0 Å². The van der Waals surface area contributed by atoms with Gasteiger partial charge in [-0.05, 0) is 35.6 Å². The number of carboxylic acids is 1. The lowest BCUT2D eigenvalue weighted by Gasteiger charge is -2.24. The Hall–Kier alpha value is -1.02. The van der Waals surface area contributed by atoms with Crippen LogP contribution in [0.3, 0.4) is 0 Å². The van der Waals surface area contributed by atoms with Gasteiger partial charge in [-0.3, -0.25) is 4.79 Å². The molecule has 0 amide bonds. The van der Waals surface area contributed by atoms with Crippen molar-refractivity contribution >= 4 is 17.6 Å². The van der Waals surface area contributed by atoms with Gasteiger partial charge in [-0.25, -0.2) is 0 Å². The summed E-state index contributed by atoms with van der Waals surface area (Å²) in [5.41, 5.74) is 1.75. The Balaban J connectivity index is 3.35. The van der Waals surface area contributed by atoms with Crippen LogP contribution in [-0.2, 0) is 10.2 Å². The highest BCUT2D eigenvalue weighted by molar-refractivity contribution is 6.30. The molecule has 3 heteroatoms. The SMILES string of the molecule is CC(C(=O)O)c1cc(Cl)ccc1C(C)(C)C. The van der Waals surface area contributed by atoms with Crippen molar-refractivity contribution in [3.63, 3.8) is 0 Å². The summed E-state index contributed by atoms with van der Waals surface area (Å²) in [4.78, 5) is 11.0. The molecule has 0 radical (unpaired) electrons. The first kappa shape index (κ1) is 13.0. The van der Waals surface area contributed by atoms with Crippen LogP contribution in [-0.4, -0.2) is 11.1 Å².